The van der Waals surface area contributed by atoms with Crippen LogP contribution in [-0.2, 0) is 0 Å². The second-order valence-corrected chi connectivity index (χ2v) is 5.15. The van der Waals surface area contributed by atoms with Crippen LogP contribution in [0.4, 0.5) is 0 Å². The second kappa shape index (κ2) is 6.56. The fourth-order valence-corrected chi connectivity index (χ4v) is 2.27. The highest BCUT2D eigenvalue weighted by Gasteiger charge is 2.22. The zero-order valence-electron chi connectivity index (χ0n) is 12.1. The van der Waals surface area contributed by atoms with E-state index in [0.717, 1.165) is 37.3 Å². The first-order chi connectivity index (χ1) is 9.61. The lowest BCUT2D eigenvalue weighted by Crippen LogP contribution is -2.47. The van der Waals surface area contributed by atoms with E-state index >= 15 is 0 Å². The number of benzene rings is 1. The van der Waals surface area contributed by atoms with Crippen molar-refractivity contribution in [2.24, 2.45) is 5.73 Å². The van der Waals surface area contributed by atoms with Gasteiger partial charge in [-0.05, 0) is 26.1 Å². The van der Waals surface area contributed by atoms with E-state index in [1.165, 1.54) is 0 Å². The number of nitrogens with zero attached hydrogens (tertiary/aromatic N) is 2. The van der Waals surface area contributed by atoms with E-state index in [1.807, 2.05) is 30.0 Å². The molecule has 4 heteroatoms. The number of hydrogen-bond donors (Lipinski definition) is 1. The van der Waals surface area contributed by atoms with Crippen molar-refractivity contribution < 1.29 is 4.79 Å². The van der Waals surface area contributed by atoms with Gasteiger partial charge in [0, 0.05) is 31.7 Å². The minimum Gasteiger partial charge on any atom is -0.336 e. The summed E-state index contributed by atoms with van der Waals surface area (Å²) < 4.78 is 0. The smallest absolute Gasteiger partial charge is 0.255 e. The number of amides is 1. The van der Waals surface area contributed by atoms with Gasteiger partial charge < -0.3 is 15.5 Å². The average Bonchev–Trinajstić information content (AvgIpc) is 2.46. The van der Waals surface area contributed by atoms with Crippen molar-refractivity contribution in [1.82, 2.24) is 9.80 Å². The molecule has 0 aromatic heterocycles. The molecule has 0 radical (unpaired) electrons. The number of piperazine rings is 1. The van der Waals surface area contributed by atoms with Gasteiger partial charge in [0.2, 0.25) is 0 Å². The molecule has 2 N–H and O–H groups in total. The van der Waals surface area contributed by atoms with E-state index in [9.17, 15) is 4.79 Å². The number of carbonyl (C=O) groups excluding carboxylic acids is 1. The van der Waals surface area contributed by atoms with Crippen LogP contribution in [0.2, 0.25) is 0 Å². The van der Waals surface area contributed by atoms with Crippen molar-refractivity contribution in [3.05, 3.63) is 34.9 Å². The summed E-state index contributed by atoms with van der Waals surface area (Å²) in [7, 11) is 2.08. The Morgan fingerprint density at radius 1 is 1.30 bits per heavy atom. The minimum absolute atomic E-state index is 0.0723. The number of nitrogens with two attached hydrogens (primary N) is 1. The topological polar surface area (TPSA) is 49.6 Å². The van der Waals surface area contributed by atoms with Crippen LogP contribution in [0.25, 0.3) is 0 Å². The first-order valence-corrected chi connectivity index (χ1v) is 6.89. The molecule has 0 saturated carbocycles. The van der Waals surface area contributed by atoms with Crippen LogP contribution in [0, 0.1) is 18.8 Å². The summed E-state index contributed by atoms with van der Waals surface area (Å²) in [6, 6.07) is 5.80. The van der Waals surface area contributed by atoms with Crippen molar-refractivity contribution in [1.29, 1.82) is 0 Å². The molecule has 20 heavy (non-hydrogen) atoms. The lowest BCUT2D eigenvalue weighted by atomic mass is 10.0. The number of carbonyl (C=O) groups is 1. The van der Waals surface area contributed by atoms with Crippen LogP contribution in [0.3, 0.4) is 0 Å². The van der Waals surface area contributed by atoms with Gasteiger partial charge in [0.15, 0.2) is 0 Å². The molecule has 1 aliphatic rings. The molecule has 1 amide bonds. The van der Waals surface area contributed by atoms with Gasteiger partial charge in [0.25, 0.3) is 5.91 Å². The molecule has 1 saturated heterocycles. The van der Waals surface area contributed by atoms with E-state index in [2.05, 4.69) is 23.8 Å². The van der Waals surface area contributed by atoms with E-state index in [-0.39, 0.29) is 5.91 Å². The molecule has 1 aliphatic heterocycles. The molecule has 0 spiro atoms. The first-order valence-electron chi connectivity index (χ1n) is 6.89. The van der Waals surface area contributed by atoms with E-state index in [4.69, 9.17) is 5.73 Å². The highest BCUT2D eigenvalue weighted by molar-refractivity contribution is 5.97. The third kappa shape index (κ3) is 3.38. The van der Waals surface area contributed by atoms with Gasteiger partial charge in [0.05, 0.1) is 12.1 Å². The van der Waals surface area contributed by atoms with Gasteiger partial charge in [-0.25, -0.2) is 0 Å². The Bertz CT molecular complexity index is 549. The molecule has 106 valence electrons. The quantitative estimate of drug-likeness (QED) is 0.765. The molecule has 1 aromatic rings. The van der Waals surface area contributed by atoms with Crippen molar-refractivity contribution in [2.75, 3.05) is 39.8 Å². The Labute approximate surface area is 120 Å². The van der Waals surface area contributed by atoms with E-state index in [0.29, 0.717) is 12.1 Å². The summed E-state index contributed by atoms with van der Waals surface area (Å²) in [4.78, 5) is 16.8. The Morgan fingerprint density at radius 3 is 2.65 bits per heavy atom. The summed E-state index contributed by atoms with van der Waals surface area (Å²) in [6.45, 7) is 5.67. The van der Waals surface area contributed by atoms with Crippen LogP contribution in [0.1, 0.15) is 21.5 Å². The van der Waals surface area contributed by atoms with Crippen LogP contribution in [0.5, 0.6) is 0 Å². The maximum absolute atomic E-state index is 12.7. The normalized spacial score (nSPS) is 15.7. The van der Waals surface area contributed by atoms with Crippen molar-refractivity contribution in [2.45, 2.75) is 6.92 Å². The SMILES string of the molecule is Cc1ccc(C#CCN)c(C(=O)N2CCN(C)CC2)c1. The van der Waals surface area contributed by atoms with Crippen LogP contribution in [0.15, 0.2) is 18.2 Å². The standard InChI is InChI=1S/C16H21N3O/c1-13-5-6-14(4-3-7-17)15(12-13)16(20)19-10-8-18(2)9-11-19/h5-6,12H,7-11,17H2,1-2H3. The molecule has 1 heterocycles. The lowest BCUT2D eigenvalue weighted by molar-refractivity contribution is 0.0664. The van der Waals surface area contributed by atoms with E-state index < -0.39 is 0 Å². The van der Waals surface area contributed by atoms with Crippen LogP contribution < -0.4 is 5.73 Å². The Kier molecular flexibility index (Phi) is 4.78. The molecule has 0 bridgehead atoms. The second-order valence-electron chi connectivity index (χ2n) is 5.15. The number of hydrogen-bond acceptors (Lipinski definition) is 3. The molecule has 0 aliphatic carbocycles. The molecule has 0 unspecified atom stereocenters. The zero-order chi connectivity index (χ0) is 14.5. The van der Waals surface area contributed by atoms with Gasteiger partial charge in [0.1, 0.15) is 0 Å². The van der Waals surface area contributed by atoms with Gasteiger partial charge >= 0.3 is 0 Å². The minimum atomic E-state index is 0.0723. The highest BCUT2D eigenvalue weighted by atomic mass is 16.2. The monoisotopic (exact) mass is 271 g/mol. The molecular weight excluding hydrogens is 250 g/mol. The summed E-state index contributed by atoms with van der Waals surface area (Å²) >= 11 is 0. The number of rotatable bonds is 1. The summed E-state index contributed by atoms with van der Waals surface area (Å²) in [6.07, 6.45) is 0. The Morgan fingerprint density at radius 2 is 2.00 bits per heavy atom. The Balaban J connectivity index is 2.26. The fourth-order valence-electron chi connectivity index (χ4n) is 2.27. The number of aryl methyl sites for hydroxylation is 1. The van der Waals surface area contributed by atoms with Crippen molar-refractivity contribution in [3.8, 4) is 11.8 Å². The predicted octanol–water partition coefficient (Wildman–Crippen LogP) is 0.693. The predicted molar refractivity (Wildman–Crippen MR) is 80.5 cm³/mol. The largest absolute Gasteiger partial charge is 0.336 e. The third-order valence-corrected chi connectivity index (χ3v) is 3.52. The maximum Gasteiger partial charge on any atom is 0.255 e. The Hall–Kier alpha value is -1.83. The molecule has 0 atom stereocenters. The van der Waals surface area contributed by atoms with Gasteiger partial charge in [-0.1, -0.05) is 23.5 Å². The molecule has 2 rings (SSSR count). The maximum atomic E-state index is 12.7. The molecule has 4 nitrogen and oxygen atoms in total. The summed E-state index contributed by atoms with van der Waals surface area (Å²) in [5.41, 5.74) is 7.94. The van der Waals surface area contributed by atoms with Crippen molar-refractivity contribution in [3.63, 3.8) is 0 Å². The molecular formula is C16H21N3O. The number of likely N-dealkylation sites (N-methyl/N-ethyl adjacent to an activating group) is 1. The van der Waals surface area contributed by atoms with E-state index in [1.54, 1.807) is 0 Å². The zero-order valence-corrected chi connectivity index (χ0v) is 12.1. The highest BCUT2D eigenvalue weighted by Crippen LogP contribution is 2.15. The van der Waals surface area contributed by atoms with Gasteiger partial charge in [-0.3, -0.25) is 4.79 Å². The summed E-state index contributed by atoms with van der Waals surface area (Å²) in [5, 5.41) is 0. The average molecular weight is 271 g/mol. The molecule has 1 fully saturated rings. The fraction of sp³-hybridized carbons (Fsp3) is 0.438. The van der Waals surface area contributed by atoms with Gasteiger partial charge in [-0.2, -0.15) is 0 Å². The van der Waals surface area contributed by atoms with Crippen LogP contribution >= 0.6 is 0 Å². The van der Waals surface area contributed by atoms with Crippen LogP contribution in [-0.4, -0.2) is 55.5 Å². The van der Waals surface area contributed by atoms with Crippen molar-refractivity contribution >= 4 is 5.91 Å². The first kappa shape index (κ1) is 14.6. The molecule has 1 aromatic carbocycles. The van der Waals surface area contributed by atoms with Gasteiger partial charge in [-0.15, -0.1) is 0 Å². The summed E-state index contributed by atoms with van der Waals surface area (Å²) in [5.74, 6) is 5.90. The lowest BCUT2D eigenvalue weighted by Gasteiger charge is -2.32. The third-order valence-electron chi connectivity index (χ3n) is 3.52.